The Morgan fingerprint density at radius 3 is 2.07 bits per heavy atom. The van der Waals surface area contributed by atoms with E-state index in [1.165, 1.54) is 6.92 Å². The van der Waals surface area contributed by atoms with E-state index < -0.39 is 5.91 Å². The molecule has 0 heterocycles. The predicted octanol–water partition coefficient (Wildman–Crippen LogP) is 3.77. The first-order valence-corrected chi connectivity index (χ1v) is 9.65. The van der Waals surface area contributed by atoms with Gasteiger partial charge in [-0.05, 0) is 62.7 Å². The van der Waals surface area contributed by atoms with Crippen LogP contribution in [0.4, 0.5) is 22.7 Å². The molecule has 0 radical (unpaired) electrons. The molecule has 0 fully saturated rings. The molecule has 3 amide bonds. The monoisotopic (exact) mass is 396 g/mol. The standard InChI is InChI=1S/C22H28N4O3/c1-5-26(6-2)19-10-11-20(15(3)12-19)25-22(29)14-21(28)24-18-9-7-8-17(13-18)23-16(4)27/h7-13H,5-6,14H2,1-4H3,(H,23,27)(H,24,28)(H,25,29). The van der Waals surface area contributed by atoms with E-state index in [2.05, 4.69) is 34.7 Å². The Bertz CT molecular complexity index is 891. The molecule has 2 aromatic carbocycles. The number of hydrogen-bond donors (Lipinski definition) is 3. The van der Waals surface area contributed by atoms with Crippen molar-refractivity contribution in [2.45, 2.75) is 34.1 Å². The maximum atomic E-state index is 12.3. The summed E-state index contributed by atoms with van der Waals surface area (Å²) in [6, 6.07) is 12.6. The van der Waals surface area contributed by atoms with Gasteiger partial charge in [0.15, 0.2) is 0 Å². The van der Waals surface area contributed by atoms with Crippen molar-refractivity contribution < 1.29 is 14.4 Å². The molecule has 0 spiro atoms. The Labute approximate surface area is 171 Å². The summed E-state index contributed by atoms with van der Waals surface area (Å²) in [6.45, 7) is 9.34. The first-order valence-electron chi connectivity index (χ1n) is 9.65. The number of amides is 3. The van der Waals surface area contributed by atoms with Gasteiger partial charge >= 0.3 is 0 Å². The van der Waals surface area contributed by atoms with Gasteiger partial charge in [0, 0.05) is 42.8 Å². The van der Waals surface area contributed by atoms with Gasteiger partial charge in [0.1, 0.15) is 6.42 Å². The third kappa shape index (κ3) is 6.64. The number of hydrogen-bond acceptors (Lipinski definition) is 4. The maximum Gasteiger partial charge on any atom is 0.233 e. The van der Waals surface area contributed by atoms with Gasteiger partial charge in [0.25, 0.3) is 0 Å². The fraction of sp³-hybridized carbons (Fsp3) is 0.318. The molecular formula is C22H28N4O3. The number of nitrogens with one attached hydrogen (secondary N) is 3. The highest BCUT2D eigenvalue weighted by Crippen LogP contribution is 2.23. The quantitative estimate of drug-likeness (QED) is 0.593. The van der Waals surface area contributed by atoms with Crippen LogP contribution in [0.1, 0.15) is 32.8 Å². The minimum atomic E-state index is -0.431. The Balaban J connectivity index is 1.95. The Morgan fingerprint density at radius 1 is 0.862 bits per heavy atom. The minimum absolute atomic E-state index is 0.199. The van der Waals surface area contributed by atoms with Gasteiger partial charge in [-0.2, -0.15) is 0 Å². The SMILES string of the molecule is CCN(CC)c1ccc(NC(=O)CC(=O)Nc2cccc(NC(C)=O)c2)c(C)c1. The summed E-state index contributed by atoms with van der Waals surface area (Å²) >= 11 is 0. The fourth-order valence-electron chi connectivity index (χ4n) is 3.00. The number of rotatable bonds is 8. The van der Waals surface area contributed by atoms with Crippen molar-refractivity contribution in [2.24, 2.45) is 0 Å². The van der Waals surface area contributed by atoms with Crippen molar-refractivity contribution in [3.05, 3.63) is 48.0 Å². The molecule has 2 aromatic rings. The summed E-state index contributed by atoms with van der Waals surface area (Å²) in [5.74, 6) is -1.02. The molecule has 0 aliphatic heterocycles. The summed E-state index contributed by atoms with van der Waals surface area (Å²) < 4.78 is 0. The second-order valence-corrected chi connectivity index (χ2v) is 6.71. The average molecular weight is 396 g/mol. The highest BCUT2D eigenvalue weighted by atomic mass is 16.2. The number of anilines is 4. The first-order chi connectivity index (χ1) is 13.8. The molecule has 0 bridgehead atoms. The lowest BCUT2D eigenvalue weighted by Crippen LogP contribution is -2.23. The second-order valence-electron chi connectivity index (χ2n) is 6.71. The van der Waals surface area contributed by atoms with Crippen LogP contribution in [-0.2, 0) is 14.4 Å². The number of carbonyl (C=O) groups is 3. The molecule has 0 aromatic heterocycles. The molecule has 29 heavy (non-hydrogen) atoms. The summed E-state index contributed by atoms with van der Waals surface area (Å²) in [4.78, 5) is 37.8. The van der Waals surface area contributed by atoms with Crippen LogP contribution in [0.3, 0.4) is 0 Å². The number of aryl methyl sites for hydroxylation is 1. The number of benzene rings is 2. The van der Waals surface area contributed by atoms with E-state index >= 15 is 0 Å². The first kappa shape index (κ1) is 21.9. The van der Waals surface area contributed by atoms with Crippen LogP contribution >= 0.6 is 0 Å². The van der Waals surface area contributed by atoms with Crippen LogP contribution in [0.15, 0.2) is 42.5 Å². The van der Waals surface area contributed by atoms with Crippen LogP contribution in [0.2, 0.25) is 0 Å². The molecule has 2 rings (SSSR count). The summed E-state index contributed by atoms with van der Waals surface area (Å²) in [5.41, 5.74) is 3.80. The van der Waals surface area contributed by atoms with Crippen LogP contribution in [0, 0.1) is 6.92 Å². The zero-order valence-electron chi connectivity index (χ0n) is 17.3. The third-order valence-corrected chi connectivity index (χ3v) is 4.40. The topological polar surface area (TPSA) is 90.5 Å². The molecule has 0 saturated heterocycles. The van der Waals surface area contributed by atoms with Gasteiger partial charge in [0.05, 0.1) is 0 Å². The van der Waals surface area contributed by atoms with Crippen molar-refractivity contribution in [1.82, 2.24) is 0 Å². The van der Waals surface area contributed by atoms with E-state index in [-0.39, 0.29) is 18.2 Å². The van der Waals surface area contributed by atoms with Crippen molar-refractivity contribution in [1.29, 1.82) is 0 Å². The molecular weight excluding hydrogens is 368 g/mol. The smallest absolute Gasteiger partial charge is 0.233 e. The van der Waals surface area contributed by atoms with E-state index in [0.29, 0.717) is 17.1 Å². The van der Waals surface area contributed by atoms with Crippen LogP contribution in [0.5, 0.6) is 0 Å². The van der Waals surface area contributed by atoms with Crippen LogP contribution < -0.4 is 20.9 Å². The maximum absolute atomic E-state index is 12.3. The highest BCUT2D eigenvalue weighted by Gasteiger charge is 2.12. The molecule has 3 N–H and O–H groups in total. The summed E-state index contributed by atoms with van der Waals surface area (Å²) in [6.07, 6.45) is -0.304. The Morgan fingerprint density at radius 2 is 1.48 bits per heavy atom. The van der Waals surface area contributed by atoms with E-state index in [0.717, 1.165) is 24.3 Å². The van der Waals surface area contributed by atoms with Gasteiger partial charge in [-0.15, -0.1) is 0 Å². The normalized spacial score (nSPS) is 10.2. The minimum Gasteiger partial charge on any atom is -0.372 e. The van der Waals surface area contributed by atoms with Gasteiger partial charge in [-0.25, -0.2) is 0 Å². The Kier molecular flexibility index (Phi) is 7.77. The predicted molar refractivity (Wildman–Crippen MR) is 117 cm³/mol. The Hall–Kier alpha value is -3.35. The van der Waals surface area contributed by atoms with Crippen LogP contribution in [-0.4, -0.2) is 30.8 Å². The van der Waals surface area contributed by atoms with Gasteiger partial charge in [0.2, 0.25) is 17.7 Å². The van der Waals surface area contributed by atoms with E-state index in [4.69, 9.17) is 0 Å². The van der Waals surface area contributed by atoms with Crippen LogP contribution in [0.25, 0.3) is 0 Å². The third-order valence-electron chi connectivity index (χ3n) is 4.40. The van der Waals surface area contributed by atoms with Gasteiger partial charge < -0.3 is 20.9 Å². The van der Waals surface area contributed by atoms with E-state index in [1.54, 1.807) is 24.3 Å². The lowest BCUT2D eigenvalue weighted by atomic mass is 10.1. The highest BCUT2D eigenvalue weighted by molar-refractivity contribution is 6.08. The zero-order chi connectivity index (χ0) is 21.4. The van der Waals surface area contributed by atoms with Crippen molar-refractivity contribution in [2.75, 3.05) is 33.9 Å². The lowest BCUT2D eigenvalue weighted by Gasteiger charge is -2.22. The molecule has 7 nitrogen and oxygen atoms in total. The van der Waals surface area contributed by atoms with Crippen molar-refractivity contribution >= 4 is 40.5 Å². The summed E-state index contributed by atoms with van der Waals surface area (Å²) in [7, 11) is 0. The second kappa shape index (κ2) is 10.3. The summed E-state index contributed by atoms with van der Waals surface area (Å²) in [5, 5.41) is 8.11. The number of nitrogens with zero attached hydrogens (tertiary/aromatic N) is 1. The molecule has 154 valence electrons. The van der Waals surface area contributed by atoms with Crippen molar-refractivity contribution in [3.63, 3.8) is 0 Å². The average Bonchev–Trinajstić information content (AvgIpc) is 2.64. The lowest BCUT2D eigenvalue weighted by molar-refractivity contribution is -0.123. The molecule has 0 atom stereocenters. The molecule has 0 unspecified atom stereocenters. The molecule has 0 aliphatic rings. The van der Waals surface area contributed by atoms with E-state index in [1.807, 2.05) is 25.1 Å². The molecule has 7 heteroatoms. The van der Waals surface area contributed by atoms with E-state index in [9.17, 15) is 14.4 Å². The number of carbonyl (C=O) groups excluding carboxylic acids is 3. The van der Waals surface area contributed by atoms with Gasteiger partial charge in [-0.1, -0.05) is 6.07 Å². The van der Waals surface area contributed by atoms with Crippen molar-refractivity contribution in [3.8, 4) is 0 Å². The molecule has 0 aliphatic carbocycles. The molecule has 0 saturated carbocycles. The fourth-order valence-corrected chi connectivity index (χ4v) is 3.00. The van der Waals surface area contributed by atoms with Gasteiger partial charge in [-0.3, -0.25) is 14.4 Å². The zero-order valence-corrected chi connectivity index (χ0v) is 17.3. The largest absolute Gasteiger partial charge is 0.372 e.